The maximum atomic E-state index is 13.5. The van der Waals surface area contributed by atoms with Gasteiger partial charge in [-0.2, -0.15) is 18.2 Å². The van der Waals surface area contributed by atoms with E-state index >= 15 is 0 Å². The number of nitrogens with zero attached hydrogens (tertiary/aromatic N) is 6. The Balaban J connectivity index is 1.47. The average Bonchev–Trinajstić information content (AvgIpc) is 3.55. The Hall–Kier alpha value is -3.80. The Labute approximate surface area is 203 Å². The summed E-state index contributed by atoms with van der Waals surface area (Å²) in [5.41, 5.74) is 2.16. The summed E-state index contributed by atoms with van der Waals surface area (Å²) in [5, 5.41) is 6.42. The highest BCUT2D eigenvalue weighted by molar-refractivity contribution is 5.77. The van der Waals surface area contributed by atoms with Crippen molar-refractivity contribution in [2.24, 2.45) is 0 Å². The summed E-state index contributed by atoms with van der Waals surface area (Å²) in [6.45, 7) is 2.21. The van der Waals surface area contributed by atoms with Gasteiger partial charge >= 0.3 is 6.18 Å². The van der Waals surface area contributed by atoms with Crippen LogP contribution in [0.1, 0.15) is 36.7 Å². The highest BCUT2D eigenvalue weighted by Gasteiger charge is 2.42. The van der Waals surface area contributed by atoms with Gasteiger partial charge in [0.2, 0.25) is 5.95 Å². The molecule has 0 unspecified atom stereocenters. The number of hydrogen-bond donors (Lipinski definition) is 2. The molecule has 0 saturated heterocycles. The molecule has 0 atom stereocenters. The third kappa shape index (κ3) is 4.11. The van der Waals surface area contributed by atoms with Crippen molar-refractivity contribution in [3.63, 3.8) is 0 Å². The fourth-order valence-electron chi connectivity index (χ4n) is 4.49. The van der Waals surface area contributed by atoms with Gasteiger partial charge in [-0.1, -0.05) is 13.0 Å². The molecule has 0 bridgehead atoms. The van der Waals surface area contributed by atoms with Gasteiger partial charge in [0.1, 0.15) is 17.8 Å². The van der Waals surface area contributed by atoms with E-state index in [1.54, 1.807) is 0 Å². The Kier molecular flexibility index (Phi) is 5.11. The molecule has 1 aliphatic carbocycles. The van der Waals surface area contributed by atoms with E-state index in [9.17, 15) is 18.0 Å². The summed E-state index contributed by atoms with van der Waals surface area (Å²) >= 11 is 0. The lowest BCUT2D eigenvalue weighted by molar-refractivity contribution is -0.144. The second-order valence-corrected chi connectivity index (χ2v) is 9.56. The predicted molar refractivity (Wildman–Crippen MR) is 126 cm³/mol. The van der Waals surface area contributed by atoms with Crippen LogP contribution in [0.2, 0.25) is 0 Å². The topological polar surface area (TPSA) is 103 Å². The normalized spacial score (nSPS) is 16.7. The number of anilines is 2. The second kappa shape index (κ2) is 8.12. The number of alkyl halides is 3. The first-order valence-electron chi connectivity index (χ1n) is 11.7. The summed E-state index contributed by atoms with van der Waals surface area (Å²) in [5.74, 6) is 0.844. The largest absolute Gasteiger partial charge is 0.408 e. The molecule has 2 N–H and O–H groups in total. The molecule has 3 aromatic heterocycles. The highest BCUT2D eigenvalue weighted by atomic mass is 19.4. The van der Waals surface area contributed by atoms with E-state index in [1.165, 1.54) is 29.6 Å². The van der Waals surface area contributed by atoms with Gasteiger partial charge in [-0.15, -0.1) is 0 Å². The molecule has 1 saturated carbocycles. The SMILES string of the molecule is CC1(c2nccc(-n3c4nc(Nc5ccc6c(c5)CCNC6)ncc4c(=O)n3CC(F)(F)F)n2)CC1. The van der Waals surface area contributed by atoms with E-state index in [-0.39, 0.29) is 28.2 Å². The Morgan fingerprint density at radius 3 is 2.75 bits per heavy atom. The molecule has 2 aliphatic rings. The van der Waals surface area contributed by atoms with Crippen LogP contribution in [-0.2, 0) is 24.9 Å². The third-order valence-corrected chi connectivity index (χ3v) is 6.75. The molecule has 36 heavy (non-hydrogen) atoms. The Bertz CT molecular complexity index is 1540. The van der Waals surface area contributed by atoms with Crippen molar-refractivity contribution in [3.05, 3.63) is 64.0 Å². The maximum absolute atomic E-state index is 13.5. The van der Waals surface area contributed by atoms with Crippen molar-refractivity contribution in [1.29, 1.82) is 0 Å². The van der Waals surface area contributed by atoms with Gasteiger partial charge in [0.05, 0.1) is 0 Å². The van der Waals surface area contributed by atoms with Gasteiger partial charge in [0.15, 0.2) is 11.5 Å². The van der Waals surface area contributed by atoms with Gasteiger partial charge in [0, 0.05) is 36.1 Å². The minimum atomic E-state index is -4.62. The van der Waals surface area contributed by atoms with Crippen LogP contribution in [0.3, 0.4) is 0 Å². The lowest BCUT2D eigenvalue weighted by Crippen LogP contribution is -2.30. The maximum Gasteiger partial charge on any atom is 0.408 e. The molecular weight excluding hydrogens is 473 g/mol. The average molecular weight is 496 g/mol. The van der Waals surface area contributed by atoms with Gasteiger partial charge in [0.25, 0.3) is 5.56 Å². The van der Waals surface area contributed by atoms with Gasteiger partial charge in [-0.3, -0.25) is 4.79 Å². The number of rotatable bonds is 5. The molecule has 6 rings (SSSR count). The minimum absolute atomic E-state index is 0.0286. The number of nitrogens with one attached hydrogen (secondary N) is 2. The van der Waals surface area contributed by atoms with Crippen LogP contribution < -0.4 is 16.2 Å². The van der Waals surface area contributed by atoms with Crippen LogP contribution in [0.15, 0.2) is 41.5 Å². The standard InChI is InChI=1S/C24H23F3N8O/c1-23(6-7-23)21-29-9-5-18(32-21)35-19-17(20(36)34(35)13-24(25,26)27)12-30-22(33-19)31-16-3-2-15-11-28-8-4-14(15)10-16/h2-3,5,9-10,12,28H,4,6-8,11,13H2,1H3,(H,30,31,33). The monoisotopic (exact) mass is 496 g/mol. The van der Waals surface area contributed by atoms with Crippen molar-refractivity contribution < 1.29 is 13.2 Å². The lowest BCUT2D eigenvalue weighted by Gasteiger charge is -2.18. The minimum Gasteiger partial charge on any atom is -0.324 e. The van der Waals surface area contributed by atoms with Crippen LogP contribution >= 0.6 is 0 Å². The second-order valence-electron chi connectivity index (χ2n) is 9.56. The van der Waals surface area contributed by atoms with Crippen molar-refractivity contribution in [2.75, 3.05) is 11.9 Å². The first kappa shape index (κ1) is 22.7. The van der Waals surface area contributed by atoms with E-state index < -0.39 is 18.3 Å². The van der Waals surface area contributed by atoms with E-state index in [0.717, 1.165) is 42.7 Å². The molecule has 0 spiro atoms. The Morgan fingerprint density at radius 2 is 1.97 bits per heavy atom. The molecule has 1 aromatic carbocycles. The van der Waals surface area contributed by atoms with E-state index in [0.29, 0.717) is 10.5 Å². The quantitative estimate of drug-likeness (QED) is 0.437. The molecule has 4 aromatic rings. The van der Waals surface area contributed by atoms with E-state index in [1.807, 2.05) is 25.1 Å². The molecule has 0 radical (unpaired) electrons. The van der Waals surface area contributed by atoms with Crippen LogP contribution in [0, 0.1) is 0 Å². The molecular formula is C24H23F3N8O. The molecule has 0 amide bonds. The van der Waals surface area contributed by atoms with Gasteiger partial charge in [-0.25, -0.2) is 24.3 Å². The predicted octanol–water partition coefficient (Wildman–Crippen LogP) is 3.38. The lowest BCUT2D eigenvalue weighted by atomic mass is 10.0. The number of halogens is 3. The molecule has 1 aliphatic heterocycles. The number of hydrogen-bond acceptors (Lipinski definition) is 7. The Morgan fingerprint density at radius 1 is 1.14 bits per heavy atom. The number of benzene rings is 1. The smallest absolute Gasteiger partial charge is 0.324 e. The molecule has 1 fully saturated rings. The third-order valence-electron chi connectivity index (χ3n) is 6.75. The summed E-state index contributed by atoms with van der Waals surface area (Å²) in [4.78, 5) is 30.5. The zero-order valence-corrected chi connectivity index (χ0v) is 19.4. The first-order valence-corrected chi connectivity index (χ1v) is 11.7. The highest BCUT2D eigenvalue weighted by Crippen LogP contribution is 2.45. The van der Waals surface area contributed by atoms with Gasteiger partial charge < -0.3 is 10.6 Å². The summed E-state index contributed by atoms with van der Waals surface area (Å²) in [6, 6.07) is 7.40. The van der Waals surface area contributed by atoms with Crippen LogP contribution in [-0.4, -0.2) is 42.0 Å². The zero-order chi connectivity index (χ0) is 25.1. The summed E-state index contributed by atoms with van der Waals surface area (Å²) in [7, 11) is 0. The fourth-order valence-corrected chi connectivity index (χ4v) is 4.49. The number of aromatic nitrogens is 6. The first-order chi connectivity index (χ1) is 17.2. The summed E-state index contributed by atoms with van der Waals surface area (Å²) in [6.07, 6.45) is 0.803. The summed E-state index contributed by atoms with van der Waals surface area (Å²) < 4.78 is 42.1. The molecule has 4 heterocycles. The fraction of sp³-hybridized carbons (Fsp3) is 0.375. The van der Waals surface area contributed by atoms with Crippen molar-refractivity contribution in [2.45, 2.75) is 50.9 Å². The van der Waals surface area contributed by atoms with Crippen LogP contribution in [0.25, 0.3) is 16.9 Å². The zero-order valence-electron chi connectivity index (χ0n) is 19.4. The number of fused-ring (bicyclic) bond motifs is 2. The molecule has 12 heteroatoms. The van der Waals surface area contributed by atoms with E-state index in [2.05, 4.69) is 30.6 Å². The van der Waals surface area contributed by atoms with Crippen molar-refractivity contribution in [3.8, 4) is 5.82 Å². The van der Waals surface area contributed by atoms with Gasteiger partial charge in [-0.05, 0) is 49.1 Å². The van der Waals surface area contributed by atoms with Crippen LogP contribution in [0.4, 0.5) is 24.8 Å². The van der Waals surface area contributed by atoms with Crippen molar-refractivity contribution >= 4 is 22.7 Å². The van der Waals surface area contributed by atoms with Crippen LogP contribution in [0.5, 0.6) is 0 Å². The van der Waals surface area contributed by atoms with E-state index in [4.69, 9.17) is 0 Å². The molecule has 186 valence electrons. The van der Waals surface area contributed by atoms with Crippen molar-refractivity contribution in [1.82, 2.24) is 34.6 Å². The molecule has 9 nitrogen and oxygen atoms in total.